The van der Waals surface area contributed by atoms with Crippen molar-refractivity contribution in [3.05, 3.63) is 0 Å². The number of hydrogen-bond donors (Lipinski definition) is 0. The van der Waals surface area contributed by atoms with Crippen LogP contribution in [-0.2, 0) is 71.4 Å². The molecule has 0 N–H and O–H groups in total. The number of carbonyl (C=O) groups is 6. The minimum absolute atomic E-state index is 0.721. The molecule has 15 heteroatoms. The molecule has 2 rings (SSSR count). The van der Waals surface area contributed by atoms with E-state index in [1.54, 1.807) is 0 Å². The fourth-order valence-corrected chi connectivity index (χ4v) is 4.29. The van der Waals surface area contributed by atoms with Crippen LogP contribution in [0.3, 0.4) is 0 Å². The molecule has 0 radical (unpaired) electrons. The lowest BCUT2D eigenvalue weighted by atomic mass is 9.96. The zero-order valence-electron chi connectivity index (χ0n) is 22.9. The van der Waals surface area contributed by atoms with Crippen molar-refractivity contribution in [1.82, 2.24) is 0 Å². The molecular formula is C24H34O15. The largest absolute Gasteiger partial charge is 0.457 e. The van der Waals surface area contributed by atoms with Crippen LogP contribution in [-0.4, -0.2) is 97.2 Å². The molecule has 0 bridgehead atoms. The molecular weight excluding hydrogens is 528 g/mol. The molecule has 2 aliphatic rings. The molecule has 0 aromatic heterocycles. The molecule has 220 valence electrons. The summed E-state index contributed by atoms with van der Waals surface area (Å²) >= 11 is 0. The number of esters is 6. The second-order valence-corrected chi connectivity index (χ2v) is 9.00. The van der Waals surface area contributed by atoms with Crippen molar-refractivity contribution >= 4 is 35.8 Å². The Morgan fingerprint density at radius 1 is 0.410 bits per heavy atom. The van der Waals surface area contributed by atoms with Crippen LogP contribution < -0.4 is 0 Å². The van der Waals surface area contributed by atoms with E-state index < -0.39 is 97.2 Å². The maximum Gasteiger partial charge on any atom is 0.305 e. The molecule has 0 aromatic rings. The number of carbonyl (C=O) groups excluding carboxylic acids is 6. The Bertz CT molecular complexity index is 948. The average Bonchev–Trinajstić information content (AvgIpc) is 2.76. The monoisotopic (exact) mass is 562 g/mol. The van der Waals surface area contributed by atoms with Crippen molar-refractivity contribution < 1.29 is 71.4 Å². The maximum atomic E-state index is 12.0. The summed E-state index contributed by atoms with van der Waals surface area (Å²) in [6.45, 7) is 9.62. The van der Waals surface area contributed by atoms with Gasteiger partial charge >= 0.3 is 35.8 Å². The number of rotatable bonds is 8. The standard InChI is InChI=1S/C24H34O15/c1-9-17(33-11(3)25)19(35-13(5)27)21(36-14(6)28)24(32-9)39-20-18(34-12(4)26)10(2)31-23(38-16(8)30)22(20)37-15(7)29/h9-10,17-24H,1-8H3/t9-,10+,17-,18+,19-,20-,21-,22-,23-,24+/m1/s1. The summed E-state index contributed by atoms with van der Waals surface area (Å²) in [7, 11) is 0. The van der Waals surface area contributed by atoms with Crippen LogP contribution in [0.15, 0.2) is 0 Å². The Hall–Kier alpha value is -3.30. The molecule has 2 fully saturated rings. The maximum absolute atomic E-state index is 12.0. The summed E-state index contributed by atoms with van der Waals surface area (Å²) in [6, 6.07) is 0. The second kappa shape index (κ2) is 13.7. The van der Waals surface area contributed by atoms with Crippen LogP contribution in [0.1, 0.15) is 55.4 Å². The molecule has 0 aliphatic carbocycles. The summed E-state index contributed by atoms with van der Waals surface area (Å²) in [4.78, 5) is 71.4. The van der Waals surface area contributed by atoms with Crippen LogP contribution in [0.5, 0.6) is 0 Å². The summed E-state index contributed by atoms with van der Waals surface area (Å²) < 4.78 is 49.6. The van der Waals surface area contributed by atoms with E-state index in [2.05, 4.69) is 0 Å². The van der Waals surface area contributed by atoms with Gasteiger partial charge in [0.2, 0.25) is 6.29 Å². The summed E-state index contributed by atoms with van der Waals surface area (Å²) in [5, 5.41) is 0. The molecule has 39 heavy (non-hydrogen) atoms. The summed E-state index contributed by atoms with van der Waals surface area (Å²) in [6.07, 6.45) is -13.2. The highest BCUT2D eigenvalue weighted by Gasteiger charge is 2.56. The van der Waals surface area contributed by atoms with Gasteiger partial charge in [-0.2, -0.15) is 0 Å². The van der Waals surface area contributed by atoms with Gasteiger partial charge in [0.1, 0.15) is 6.10 Å². The quantitative estimate of drug-likeness (QED) is 0.286. The Kier molecular flexibility index (Phi) is 11.2. The third kappa shape index (κ3) is 8.86. The van der Waals surface area contributed by atoms with Gasteiger partial charge in [-0.3, -0.25) is 28.8 Å². The normalized spacial score (nSPS) is 34.2. The van der Waals surface area contributed by atoms with Crippen LogP contribution in [0.4, 0.5) is 0 Å². The summed E-state index contributed by atoms with van der Waals surface area (Å²) in [5.41, 5.74) is 0. The van der Waals surface area contributed by atoms with Crippen molar-refractivity contribution in [3.63, 3.8) is 0 Å². The first-order valence-electron chi connectivity index (χ1n) is 12.1. The van der Waals surface area contributed by atoms with Gasteiger partial charge in [-0.1, -0.05) is 0 Å². The predicted octanol–water partition coefficient (Wildman–Crippen LogP) is 0.0828. The fourth-order valence-electron chi connectivity index (χ4n) is 4.29. The van der Waals surface area contributed by atoms with Gasteiger partial charge in [-0.15, -0.1) is 0 Å². The molecule has 0 unspecified atom stereocenters. The Morgan fingerprint density at radius 2 is 0.718 bits per heavy atom. The van der Waals surface area contributed by atoms with Gasteiger partial charge in [0.15, 0.2) is 36.8 Å². The van der Waals surface area contributed by atoms with E-state index in [-0.39, 0.29) is 0 Å². The average molecular weight is 563 g/mol. The zero-order chi connectivity index (χ0) is 29.6. The summed E-state index contributed by atoms with van der Waals surface area (Å²) in [5.74, 6) is -4.65. The van der Waals surface area contributed by atoms with E-state index in [9.17, 15) is 28.8 Å². The second-order valence-electron chi connectivity index (χ2n) is 9.00. The highest BCUT2D eigenvalue weighted by molar-refractivity contribution is 5.69. The third-order valence-corrected chi connectivity index (χ3v) is 5.54. The molecule has 2 heterocycles. The van der Waals surface area contributed by atoms with E-state index in [1.807, 2.05) is 0 Å². The van der Waals surface area contributed by atoms with Gasteiger partial charge in [-0.05, 0) is 13.8 Å². The van der Waals surface area contributed by atoms with E-state index in [0.717, 1.165) is 41.5 Å². The number of ether oxygens (including phenoxy) is 9. The van der Waals surface area contributed by atoms with Crippen LogP contribution in [0.2, 0.25) is 0 Å². The van der Waals surface area contributed by atoms with Crippen molar-refractivity contribution in [2.75, 3.05) is 0 Å². The van der Waals surface area contributed by atoms with Gasteiger partial charge < -0.3 is 42.6 Å². The van der Waals surface area contributed by atoms with Gasteiger partial charge in [-0.25, -0.2) is 0 Å². The fraction of sp³-hybridized carbons (Fsp3) is 0.750. The van der Waals surface area contributed by atoms with Crippen molar-refractivity contribution in [3.8, 4) is 0 Å². The lowest BCUT2D eigenvalue weighted by Crippen LogP contribution is -2.66. The first-order valence-corrected chi connectivity index (χ1v) is 12.1. The molecule has 2 saturated heterocycles. The molecule has 0 aromatic carbocycles. The zero-order valence-corrected chi connectivity index (χ0v) is 22.9. The lowest BCUT2D eigenvalue weighted by Gasteiger charge is -2.48. The van der Waals surface area contributed by atoms with Crippen molar-refractivity contribution in [1.29, 1.82) is 0 Å². The van der Waals surface area contributed by atoms with Crippen LogP contribution in [0.25, 0.3) is 0 Å². The topological polar surface area (TPSA) is 185 Å². The predicted molar refractivity (Wildman–Crippen MR) is 123 cm³/mol. The van der Waals surface area contributed by atoms with Crippen molar-refractivity contribution in [2.45, 2.75) is 117 Å². The van der Waals surface area contributed by atoms with Crippen LogP contribution in [0, 0.1) is 0 Å². The molecule has 0 spiro atoms. The third-order valence-electron chi connectivity index (χ3n) is 5.54. The SMILES string of the molecule is CC(=O)O[C@H]1O[C@@H](C)[C@H](OC(C)=O)[C@@H](O[C@@H]2O[C@H](C)[C@@H](OC(C)=O)[C@@H](OC(C)=O)[C@H]2OC(C)=O)[C@H]1OC(C)=O. The van der Waals surface area contributed by atoms with Gasteiger partial charge in [0.25, 0.3) is 0 Å². The first-order chi connectivity index (χ1) is 18.1. The highest BCUT2D eigenvalue weighted by atomic mass is 16.8. The first kappa shape index (κ1) is 31.9. The lowest BCUT2D eigenvalue weighted by molar-refractivity contribution is -0.352. The molecule has 0 saturated carbocycles. The van der Waals surface area contributed by atoms with Gasteiger partial charge in [0, 0.05) is 41.5 Å². The van der Waals surface area contributed by atoms with Crippen LogP contribution >= 0.6 is 0 Å². The smallest absolute Gasteiger partial charge is 0.305 e. The Labute approximate surface area is 224 Å². The van der Waals surface area contributed by atoms with E-state index in [0.29, 0.717) is 0 Å². The Balaban J connectivity index is 2.57. The van der Waals surface area contributed by atoms with Gasteiger partial charge in [0.05, 0.1) is 12.2 Å². The molecule has 2 aliphatic heterocycles. The van der Waals surface area contributed by atoms with E-state index >= 15 is 0 Å². The minimum atomic E-state index is -1.55. The molecule has 0 amide bonds. The Morgan fingerprint density at radius 3 is 1.13 bits per heavy atom. The van der Waals surface area contributed by atoms with E-state index in [4.69, 9.17) is 42.6 Å². The highest BCUT2D eigenvalue weighted by Crippen LogP contribution is 2.35. The minimum Gasteiger partial charge on any atom is -0.457 e. The number of hydrogen-bond acceptors (Lipinski definition) is 15. The molecule has 15 nitrogen and oxygen atoms in total. The molecule has 10 atom stereocenters. The van der Waals surface area contributed by atoms with E-state index in [1.165, 1.54) is 13.8 Å². The van der Waals surface area contributed by atoms with Crippen molar-refractivity contribution in [2.24, 2.45) is 0 Å².